The van der Waals surface area contributed by atoms with E-state index in [1.54, 1.807) is 19.1 Å². The Bertz CT molecular complexity index is 649. The Morgan fingerprint density at radius 2 is 2.16 bits per heavy atom. The first-order valence-electron chi connectivity index (χ1n) is 5.30. The molecule has 98 valence electrons. The summed E-state index contributed by atoms with van der Waals surface area (Å²) in [6, 6.07) is 5.78. The maximum atomic E-state index is 13.6. The Labute approximate surface area is 116 Å². The van der Waals surface area contributed by atoms with E-state index < -0.39 is 10.7 Å². The fourth-order valence-electron chi connectivity index (χ4n) is 1.53. The molecule has 0 aliphatic heterocycles. The summed E-state index contributed by atoms with van der Waals surface area (Å²) < 4.78 is 14.1. The van der Waals surface area contributed by atoms with E-state index in [9.17, 15) is 14.5 Å². The van der Waals surface area contributed by atoms with Gasteiger partial charge in [-0.05, 0) is 40.5 Å². The highest BCUT2D eigenvalue weighted by molar-refractivity contribution is 9.10. The molecule has 0 unspecified atom stereocenters. The lowest BCUT2D eigenvalue weighted by molar-refractivity contribution is -0.384. The smallest absolute Gasteiger partial charge is 0.312 e. The van der Waals surface area contributed by atoms with Crippen LogP contribution in [0.5, 0.6) is 0 Å². The number of anilines is 2. The zero-order chi connectivity index (χ0) is 14.0. The van der Waals surface area contributed by atoms with E-state index in [0.717, 1.165) is 5.56 Å². The second-order valence-corrected chi connectivity index (χ2v) is 4.80. The van der Waals surface area contributed by atoms with E-state index in [1.807, 2.05) is 0 Å². The van der Waals surface area contributed by atoms with Crippen molar-refractivity contribution in [2.45, 2.75) is 6.92 Å². The number of hydrogen-bond acceptors (Lipinski definition) is 4. The van der Waals surface area contributed by atoms with Gasteiger partial charge in [-0.15, -0.1) is 0 Å². The van der Waals surface area contributed by atoms with Gasteiger partial charge in [0.05, 0.1) is 10.6 Å². The number of nitrogens with zero attached hydrogens (tertiary/aromatic N) is 2. The molecule has 1 aromatic heterocycles. The van der Waals surface area contributed by atoms with Gasteiger partial charge in [0.2, 0.25) is 5.82 Å². The van der Waals surface area contributed by atoms with Crippen LogP contribution in [0.15, 0.2) is 34.9 Å². The molecule has 1 aromatic carbocycles. The highest BCUT2D eigenvalue weighted by atomic mass is 79.9. The highest BCUT2D eigenvalue weighted by Crippen LogP contribution is 2.29. The number of nitro groups is 1. The summed E-state index contributed by atoms with van der Waals surface area (Å²) in [5.41, 5.74) is 0.761. The molecule has 2 aromatic rings. The highest BCUT2D eigenvalue weighted by Gasteiger charge is 2.17. The van der Waals surface area contributed by atoms with Crippen molar-refractivity contribution in [3.8, 4) is 0 Å². The Morgan fingerprint density at radius 3 is 2.84 bits per heavy atom. The van der Waals surface area contributed by atoms with E-state index in [0.29, 0.717) is 4.47 Å². The summed E-state index contributed by atoms with van der Waals surface area (Å²) in [5, 5.41) is 13.6. The first-order chi connectivity index (χ1) is 8.97. The van der Waals surface area contributed by atoms with Gasteiger partial charge in [-0.2, -0.15) is 0 Å². The maximum Gasteiger partial charge on any atom is 0.312 e. The molecule has 0 fully saturated rings. The van der Waals surface area contributed by atoms with Gasteiger partial charge in [0, 0.05) is 16.7 Å². The number of aromatic nitrogens is 1. The Hall–Kier alpha value is -2.02. The average Bonchev–Trinajstić information content (AvgIpc) is 2.35. The molecule has 0 bridgehead atoms. The molecule has 0 radical (unpaired) electrons. The minimum Gasteiger partial charge on any atom is -0.332 e. The third-order valence-corrected chi connectivity index (χ3v) is 2.84. The van der Waals surface area contributed by atoms with Crippen molar-refractivity contribution in [1.82, 2.24) is 4.98 Å². The average molecular weight is 326 g/mol. The summed E-state index contributed by atoms with van der Waals surface area (Å²) in [4.78, 5) is 14.3. The van der Waals surface area contributed by atoms with Crippen molar-refractivity contribution >= 4 is 33.1 Å². The van der Waals surface area contributed by atoms with Gasteiger partial charge in [-0.25, -0.2) is 9.37 Å². The fourth-order valence-corrected chi connectivity index (χ4v) is 1.85. The van der Waals surface area contributed by atoms with E-state index in [1.165, 1.54) is 18.3 Å². The molecule has 7 heteroatoms. The van der Waals surface area contributed by atoms with Crippen molar-refractivity contribution < 1.29 is 9.31 Å². The summed E-state index contributed by atoms with van der Waals surface area (Å²) in [6.45, 7) is 1.80. The van der Waals surface area contributed by atoms with E-state index >= 15 is 0 Å². The van der Waals surface area contributed by atoms with Crippen LogP contribution < -0.4 is 5.32 Å². The summed E-state index contributed by atoms with van der Waals surface area (Å²) in [5.74, 6) is -0.498. The molecule has 5 nitrogen and oxygen atoms in total. The van der Waals surface area contributed by atoms with Crippen LogP contribution in [0.25, 0.3) is 0 Å². The molecule has 0 aliphatic rings. The van der Waals surface area contributed by atoms with Crippen molar-refractivity contribution in [3.63, 3.8) is 0 Å². The van der Waals surface area contributed by atoms with Gasteiger partial charge in [0.25, 0.3) is 0 Å². The molecule has 0 aliphatic carbocycles. The molecule has 1 heterocycles. The lowest BCUT2D eigenvalue weighted by Crippen LogP contribution is -2.01. The van der Waals surface area contributed by atoms with Crippen LogP contribution in [0.1, 0.15) is 5.56 Å². The number of aryl methyl sites for hydroxylation is 1. The lowest BCUT2D eigenvalue weighted by atomic mass is 10.2. The van der Waals surface area contributed by atoms with Crippen LogP contribution in [-0.2, 0) is 0 Å². The molecule has 0 spiro atoms. The first kappa shape index (κ1) is 13.4. The molecular formula is C12H9BrFN3O2. The second-order valence-electron chi connectivity index (χ2n) is 3.89. The van der Waals surface area contributed by atoms with Gasteiger partial charge in [-0.3, -0.25) is 10.1 Å². The SMILES string of the molecule is Cc1ccc(F)c(Nc2ncc(Br)cc2[N+](=O)[O-])c1. The fraction of sp³-hybridized carbons (Fsp3) is 0.0833. The van der Waals surface area contributed by atoms with Gasteiger partial charge >= 0.3 is 5.69 Å². The molecule has 19 heavy (non-hydrogen) atoms. The topological polar surface area (TPSA) is 68.1 Å². The monoisotopic (exact) mass is 325 g/mol. The van der Waals surface area contributed by atoms with Crippen molar-refractivity contribution in [2.75, 3.05) is 5.32 Å². The van der Waals surface area contributed by atoms with Crippen molar-refractivity contribution in [1.29, 1.82) is 0 Å². The lowest BCUT2D eigenvalue weighted by Gasteiger charge is -2.08. The number of halogens is 2. The number of rotatable bonds is 3. The molecular weight excluding hydrogens is 317 g/mol. The minimum absolute atomic E-state index is 0.00213. The number of pyridine rings is 1. The van der Waals surface area contributed by atoms with E-state index in [2.05, 4.69) is 26.2 Å². The van der Waals surface area contributed by atoms with Crippen LogP contribution in [0.3, 0.4) is 0 Å². The normalized spacial score (nSPS) is 10.3. The van der Waals surface area contributed by atoms with Crippen LogP contribution in [0.4, 0.5) is 21.6 Å². The molecule has 0 saturated heterocycles. The Morgan fingerprint density at radius 1 is 1.42 bits per heavy atom. The van der Waals surface area contributed by atoms with Gasteiger partial charge < -0.3 is 5.32 Å². The predicted molar refractivity (Wildman–Crippen MR) is 73.0 cm³/mol. The van der Waals surface area contributed by atoms with Gasteiger partial charge in [0.15, 0.2) is 0 Å². The second kappa shape index (κ2) is 5.31. The van der Waals surface area contributed by atoms with Crippen molar-refractivity contribution in [3.05, 3.63) is 56.4 Å². The molecule has 0 saturated carbocycles. The molecule has 2 rings (SSSR count). The zero-order valence-corrected chi connectivity index (χ0v) is 11.4. The van der Waals surface area contributed by atoms with E-state index in [-0.39, 0.29) is 17.2 Å². The third kappa shape index (κ3) is 3.05. The van der Waals surface area contributed by atoms with Crippen LogP contribution in [-0.4, -0.2) is 9.91 Å². The van der Waals surface area contributed by atoms with Crippen molar-refractivity contribution in [2.24, 2.45) is 0 Å². The molecule has 0 atom stereocenters. The number of benzene rings is 1. The predicted octanol–water partition coefficient (Wildman–Crippen LogP) is 3.94. The largest absolute Gasteiger partial charge is 0.332 e. The third-order valence-electron chi connectivity index (χ3n) is 2.41. The van der Waals surface area contributed by atoms with E-state index in [4.69, 9.17) is 0 Å². The Balaban J connectivity index is 2.43. The number of nitrogens with one attached hydrogen (secondary N) is 1. The van der Waals surface area contributed by atoms with Crippen LogP contribution >= 0.6 is 15.9 Å². The summed E-state index contributed by atoms with van der Waals surface area (Å²) in [7, 11) is 0. The summed E-state index contributed by atoms with van der Waals surface area (Å²) >= 11 is 3.11. The van der Waals surface area contributed by atoms with Gasteiger partial charge in [0.1, 0.15) is 5.82 Å². The minimum atomic E-state index is -0.576. The maximum absolute atomic E-state index is 13.6. The van der Waals surface area contributed by atoms with Crippen LogP contribution in [0, 0.1) is 22.9 Å². The first-order valence-corrected chi connectivity index (χ1v) is 6.10. The Kier molecular flexibility index (Phi) is 3.75. The zero-order valence-electron chi connectivity index (χ0n) is 9.85. The molecule has 0 amide bonds. The van der Waals surface area contributed by atoms with Gasteiger partial charge in [-0.1, -0.05) is 6.07 Å². The summed E-state index contributed by atoms with van der Waals surface area (Å²) in [6.07, 6.45) is 1.41. The molecule has 1 N–H and O–H groups in total. The quantitative estimate of drug-likeness (QED) is 0.685. The number of hydrogen-bond donors (Lipinski definition) is 1. The van der Waals surface area contributed by atoms with Crippen LogP contribution in [0.2, 0.25) is 0 Å². The standard InChI is InChI=1S/C12H9BrFN3O2/c1-7-2-3-9(14)10(4-7)16-12-11(17(18)19)5-8(13)6-15-12/h2-6H,1H3,(H,15,16).